The smallest absolute Gasteiger partial charge is 0.243 e. The number of hydrogen-bond donors (Lipinski definition) is 17. The van der Waals surface area contributed by atoms with Gasteiger partial charge in [0.15, 0.2) is 41.2 Å². The molecule has 1 fully saturated rings. The van der Waals surface area contributed by atoms with Gasteiger partial charge in [-0.3, -0.25) is 82.3 Å². The summed E-state index contributed by atoms with van der Waals surface area (Å²) in [5.41, 5.74) is 66.5. The Labute approximate surface area is 574 Å². The molecule has 0 aromatic rings. The quantitative estimate of drug-likeness (QED) is 0.0157. The van der Waals surface area contributed by atoms with Crippen molar-refractivity contribution >= 4 is 100 Å². The van der Waals surface area contributed by atoms with Gasteiger partial charge < -0.3 is 100 Å². The van der Waals surface area contributed by atoms with E-state index >= 15 is 0 Å². The van der Waals surface area contributed by atoms with Crippen LogP contribution in [0.5, 0.6) is 0 Å². The fourth-order valence-corrected chi connectivity index (χ4v) is 11.2. The van der Waals surface area contributed by atoms with Gasteiger partial charge in [-0.25, -0.2) is 0 Å². The van der Waals surface area contributed by atoms with Gasteiger partial charge in [0.05, 0.1) is 18.1 Å². The molecule has 35 nitrogen and oxygen atoms in total. The number of nitrogens with one attached hydrogen (secondary N) is 5. The molecule has 0 spiro atoms. The number of rotatable bonds is 52. The maximum atomic E-state index is 14.6. The van der Waals surface area contributed by atoms with Crippen LogP contribution in [0.2, 0.25) is 0 Å². The van der Waals surface area contributed by atoms with Crippen LogP contribution in [0.1, 0.15) is 176 Å². The van der Waals surface area contributed by atoms with Crippen LogP contribution in [0.4, 0.5) is 0 Å². The van der Waals surface area contributed by atoms with E-state index in [0.717, 1.165) is 0 Å². The largest absolute Gasteiger partial charge is 0.370 e. The van der Waals surface area contributed by atoms with Gasteiger partial charge in [-0.05, 0) is 115 Å². The van der Waals surface area contributed by atoms with Crippen LogP contribution in [0.25, 0.3) is 0 Å². The Morgan fingerprint density at radius 3 is 1.34 bits per heavy atom. The summed E-state index contributed by atoms with van der Waals surface area (Å²) in [7, 11) is 0. The normalized spacial score (nSPS) is 15.8. The summed E-state index contributed by atoms with van der Waals surface area (Å²) in [5, 5.41) is 13.4. The van der Waals surface area contributed by atoms with Crippen LogP contribution in [0.3, 0.4) is 0 Å². The number of carbonyl (C=O) groups is 13. The van der Waals surface area contributed by atoms with E-state index in [1.165, 1.54) is 11.8 Å². The van der Waals surface area contributed by atoms with Gasteiger partial charge in [0.1, 0.15) is 23.9 Å². The Bertz CT molecular complexity index is 2800. The maximum absolute atomic E-state index is 14.6. The molecule has 0 aromatic carbocycles. The third-order valence-electron chi connectivity index (χ3n) is 16.8. The third kappa shape index (κ3) is 34.8. The van der Waals surface area contributed by atoms with E-state index in [4.69, 9.17) is 68.8 Å². The van der Waals surface area contributed by atoms with Gasteiger partial charge in [-0.1, -0.05) is 41.5 Å². The Morgan fingerprint density at radius 2 is 0.837 bits per heavy atom. The average Bonchev–Trinajstić information content (AvgIpc) is 1.61. The molecule has 29 N–H and O–H groups in total. The predicted octanol–water partition coefficient (Wildman–Crippen LogP) is -3.97. The number of amides is 9. The maximum Gasteiger partial charge on any atom is 0.243 e. The minimum Gasteiger partial charge on any atom is -0.370 e. The Kier molecular flexibility index (Phi) is 41.0. The molecule has 0 aliphatic carbocycles. The topological polar surface area (TPSA) is 647 Å². The summed E-state index contributed by atoms with van der Waals surface area (Å²) >= 11 is 0. The van der Waals surface area contributed by atoms with Gasteiger partial charge in [0.25, 0.3) is 0 Å². The number of aliphatic imine (C=N–C) groups is 4. The molecule has 11 atom stereocenters. The molecule has 98 heavy (non-hydrogen) atoms. The molecule has 9 amide bonds. The zero-order valence-electron chi connectivity index (χ0n) is 58.1. The van der Waals surface area contributed by atoms with E-state index < -0.39 is 168 Å². The molecule has 0 bridgehead atoms. The lowest BCUT2D eigenvalue weighted by Gasteiger charge is -2.30. The third-order valence-corrected chi connectivity index (χ3v) is 16.8. The van der Waals surface area contributed by atoms with Crippen LogP contribution in [-0.4, -0.2) is 181 Å². The number of carbonyl (C=O) groups excluding carboxylic acids is 13. The summed E-state index contributed by atoms with van der Waals surface area (Å²) in [6.07, 6.45) is -0.0947. The molecule has 0 radical (unpaired) electrons. The number of nitrogens with two attached hydrogens (primary N) is 12. The summed E-state index contributed by atoms with van der Waals surface area (Å²) in [6.45, 7) is 10.8. The molecule has 0 aromatic heterocycles. The Hall–Kier alpha value is -9.05. The van der Waals surface area contributed by atoms with Gasteiger partial charge in [0, 0.05) is 101 Å². The van der Waals surface area contributed by atoms with E-state index in [0.29, 0.717) is 45.1 Å². The monoisotopic (exact) mass is 1390 g/mol. The Balaban J connectivity index is 3.61. The second kappa shape index (κ2) is 46.2. The molecular formula is C63H114N22O13. The average molecular weight is 1390 g/mol. The van der Waals surface area contributed by atoms with Crippen molar-refractivity contribution in [2.45, 2.75) is 213 Å². The molecule has 1 aliphatic heterocycles. The first-order chi connectivity index (χ1) is 46.0. The van der Waals surface area contributed by atoms with Crippen molar-refractivity contribution in [1.29, 1.82) is 0 Å². The number of guanidine groups is 4. The van der Waals surface area contributed by atoms with Crippen LogP contribution in [0, 0.1) is 41.4 Å². The molecule has 554 valence electrons. The number of primary amides is 3. The lowest BCUT2D eigenvalue weighted by atomic mass is 9.88. The van der Waals surface area contributed by atoms with Crippen molar-refractivity contribution in [3.63, 3.8) is 0 Å². The van der Waals surface area contributed by atoms with Gasteiger partial charge in [0.2, 0.25) is 53.2 Å². The summed E-state index contributed by atoms with van der Waals surface area (Å²) in [4.78, 5) is 196. The summed E-state index contributed by atoms with van der Waals surface area (Å²) in [6, 6.07) is -7.57. The highest BCUT2D eigenvalue weighted by molar-refractivity contribution is 5.99. The fourth-order valence-electron chi connectivity index (χ4n) is 11.2. The molecule has 0 saturated carbocycles. The highest BCUT2D eigenvalue weighted by Crippen LogP contribution is 2.27. The first-order valence-corrected chi connectivity index (χ1v) is 33.7. The van der Waals surface area contributed by atoms with E-state index in [1.54, 1.807) is 34.6 Å². The van der Waals surface area contributed by atoms with Gasteiger partial charge in [-0.2, -0.15) is 0 Å². The number of ketones is 4. The predicted molar refractivity (Wildman–Crippen MR) is 370 cm³/mol. The highest BCUT2D eigenvalue weighted by atomic mass is 16.2. The van der Waals surface area contributed by atoms with Gasteiger partial charge in [-0.15, -0.1) is 0 Å². The fraction of sp³-hybridized carbons (Fsp3) is 0.730. The second-order valence-electron chi connectivity index (χ2n) is 25.9. The molecular weight excluding hydrogens is 1270 g/mol. The zero-order valence-corrected chi connectivity index (χ0v) is 58.1. The first kappa shape index (κ1) is 87.0. The highest BCUT2D eigenvalue weighted by Gasteiger charge is 2.41. The first-order valence-electron chi connectivity index (χ1n) is 33.7. The standard InChI is InChI=1S/C63H114N22O13/c1-34(2)51(48(89)32-38(15-10-26-77-61(70)71)56(95)84-52(35(3)4)53(67)92)83-54(93)37(6)30-46(87)41(17-7-8-24-64)80-55(94)39(20-22-49(65)90)31-47(88)42(18-12-28-79-63(74)75)81-57(96)43(21-23-50(66)91)82-58(97)44-19-13-29-85(44)59(98)40(16-11-27-78-62(72)73)33-45(86)36(5)14-9-25-76-60(68)69/h34-44,51-52H,7-33,64H2,1-6H3,(H2,65,90)(H2,66,91)(H2,67,92)(H,80,94)(H,81,96)(H,82,97)(H,83,93)(H,84,95)(H4,68,69,76)(H4,70,71,77)(H4,72,73,78)(H4,74,75,79)/t36-,37+,38+,39+,40+,41-,42-,43-,44-,51-,52-/m0/s1. The number of Topliss-reactive ketones (excluding diaryl/α,β-unsaturated/α-hetero) is 4. The van der Waals surface area contributed by atoms with E-state index in [9.17, 15) is 62.3 Å². The van der Waals surface area contributed by atoms with Crippen LogP contribution in [0.15, 0.2) is 20.0 Å². The van der Waals surface area contributed by atoms with Crippen LogP contribution in [-0.2, 0) is 62.3 Å². The lowest BCUT2D eigenvalue weighted by molar-refractivity contribution is -0.144. The van der Waals surface area contributed by atoms with E-state index in [1.807, 2.05) is 0 Å². The lowest BCUT2D eigenvalue weighted by Crippen LogP contribution is -2.56. The number of unbranched alkanes of at least 4 members (excludes halogenated alkanes) is 1. The van der Waals surface area contributed by atoms with Crippen molar-refractivity contribution < 1.29 is 62.3 Å². The number of nitrogens with zero attached hydrogens (tertiary/aromatic N) is 5. The molecule has 1 rings (SSSR count). The van der Waals surface area contributed by atoms with Crippen molar-refractivity contribution in [3.8, 4) is 0 Å². The van der Waals surface area contributed by atoms with E-state index in [2.05, 4.69) is 46.6 Å². The van der Waals surface area contributed by atoms with Gasteiger partial charge >= 0.3 is 0 Å². The molecule has 1 aliphatic rings. The van der Waals surface area contributed by atoms with Crippen molar-refractivity contribution in [3.05, 3.63) is 0 Å². The van der Waals surface area contributed by atoms with Crippen LogP contribution < -0.4 is 95.4 Å². The van der Waals surface area contributed by atoms with Crippen molar-refractivity contribution in [2.24, 2.45) is 130 Å². The number of hydrogen-bond acceptors (Lipinski definition) is 18. The molecule has 35 heteroatoms. The minimum absolute atomic E-state index is 0.0261. The summed E-state index contributed by atoms with van der Waals surface area (Å²) < 4.78 is 0. The molecule has 1 saturated heterocycles. The Morgan fingerprint density at radius 1 is 0.408 bits per heavy atom. The number of likely N-dealkylation sites (tertiary alicyclic amines) is 1. The van der Waals surface area contributed by atoms with Crippen molar-refractivity contribution in [2.75, 3.05) is 39.3 Å². The molecule has 1 heterocycles. The van der Waals surface area contributed by atoms with E-state index in [-0.39, 0.29) is 139 Å². The van der Waals surface area contributed by atoms with Crippen LogP contribution >= 0.6 is 0 Å². The minimum atomic E-state index is -1.54. The van der Waals surface area contributed by atoms with Crippen molar-refractivity contribution in [1.82, 2.24) is 31.5 Å². The summed E-state index contributed by atoms with van der Waals surface area (Å²) in [5.74, 6) is -15.3. The zero-order chi connectivity index (χ0) is 74.4. The molecule has 0 unspecified atom stereocenters. The second-order valence-corrected chi connectivity index (χ2v) is 25.9. The SMILES string of the molecule is CC(C)[C@H](NC(=O)[C@H](CCCN=C(N)N)CC(=O)[C@@H](NC(=O)[C@H](C)CC(=O)[C@H](CCCCN)NC(=O)[C@H](CCC(N)=O)CC(=O)[C@H](CCCN=C(N)N)NC(=O)[C@H](CCC(N)=O)NC(=O)[C@@H]1CCCN1C(=O)[C@H](CCCN=C(N)N)CC(=O)[C@@H](C)CCCN=C(N)N)C(C)C)C(N)=O.